The maximum absolute atomic E-state index is 13.0. The number of nitrogens with one attached hydrogen (secondary N) is 1. The molecule has 0 radical (unpaired) electrons. The largest absolute Gasteiger partial charge is 0.496 e. The van der Waals surface area contributed by atoms with Crippen LogP contribution in [0.4, 0.5) is 4.39 Å². The van der Waals surface area contributed by atoms with Gasteiger partial charge < -0.3 is 10.1 Å². The van der Waals surface area contributed by atoms with Crippen LogP contribution in [0.25, 0.3) is 0 Å². The molecule has 0 aliphatic carbocycles. The highest BCUT2D eigenvalue weighted by Gasteiger charge is 2.30. The minimum atomic E-state index is -4.08. The summed E-state index contributed by atoms with van der Waals surface area (Å²) in [5.74, 6) is -0.547. The van der Waals surface area contributed by atoms with Gasteiger partial charge in [-0.2, -0.15) is 8.42 Å². The Bertz CT molecular complexity index is 1060. The predicted octanol–water partition coefficient (Wildman–Crippen LogP) is 2.01. The monoisotopic (exact) mass is 403 g/mol. The first-order valence-electron chi connectivity index (χ1n) is 8.28. The van der Waals surface area contributed by atoms with E-state index in [0.29, 0.717) is 16.9 Å². The van der Waals surface area contributed by atoms with Gasteiger partial charge in [0.15, 0.2) is 0 Å². The number of carbonyl (C=O) groups excluding carboxylic acids is 1. The molecule has 0 unspecified atom stereocenters. The molecule has 0 saturated heterocycles. The summed E-state index contributed by atoms with van der Waals surface area (Å²) in [6, 6.07) is 12.4. The molecule has 3 rings (SSSR count). The van der Waals surface area contributed by atoms with Crippen molar-refractivity contribution in [3.05, 3.63) is 77.2 Å². The lowest BCUT2D eigenvalue weighted by Crippen LogP contribution is -2.38. The molecule has 1 N–H and O–H groups in total. The Kier molecular flexibility index (Phi) is 5.46. The van der Waals surface area contributed by atoms with E-state index in [-0.39, 0.29) is 23.8 Å². The van der Waals surface area contributed by atoms with Crippen molar-refractivity contribution in [2.24, 2.45) is 4.40 Å². The van der Waals surface area contributed by atoms with Gasteiger partial charge in [-0.25, -0.2) is 8.70 Å². The molecule has 1 aliphatic heterocycles. The number of halogens is 1. The van der Waals surface area contributed by atoms with E-state index in [1.165, 1.54) is 44.5 Å². The van der Waals surface area contributed by atoms with Gasteiger partial charge in [0.1, 0.15) is 17.3 Å². The van der Waals surface area contributed by atoms with Gasteiger partial charge in [-0.05, 0) is 35.9 Å². The number of allylic oxidation sites excluding steroid dienone is 1. The van der Waals surface area contributed by atoms with Crippen LogP contribution >= 0.6 is 0 Å². The van der Waals surface area contributed by atoms with Crippen molar-refractivity contribution >= 4 is 21.8 Å². The van der Waals surface area contributed by atoms with E-state index < -0.39 is 16.1 Å². The molecule has 2 aromatic rings. The van der Waals surface area contributed by atoms with Gasteiger partial charge in [0, 0.05) is 19.2 Å². The fraction of sp³-hybridized carbons (Fsp3) is 0.158. The molecule has 9 heteroatoms. The number of carbonyl (C=O) groups is 1. The number of ether oxygens (including phenoxy) is 1. The number of nitrogens with zero attached hydrogens (tertiary/aromatic N) is 2. The Balaban J connectivity index is 1.90. The number of rotatable bonds is 5. The van der Waals surface area contributed by atoms with Crippen LogP contribution in [0, 0.1) is 5.82 Å². The average Bonchev–Trinajstić information content (AvgIpc) is 2.69. The van der Waals surface area contributed by atoms with E-state index in [0.717, 1.165) is 4.31 Å². The summed E-state index contributed by atoms with van der Waals surface area (Å²) in [5.41, 5.74) is 1.14. The van der Waals surface area contributed by atoms with Gasteiger partial charge in [0.2, 0.25) is 0 Å². The molecular formula is C19H18FN3O4S. The van der Waals surface area contributed by atoms with E-state index in [4.69, 9.17) is 4.74 Å². The lowest BCUT2D eigenvalue weighted by Gasteiger charge is -2.24. The summed E-state index contributed by atoms with van der Waals surface area (Å²) >= 11 is 0. The number of hydrogen-bond donors (Lipinski definition) is 1. The minimum Gasteiger partial charge on any atom is -0.496 e. The van der Waals surface area contributed by atoms with E-state index in [2.05, 4.69) is 9.71 Å². The number of likely N-dealkylation sites (N-methyl/N-ethyl adjacent to an activating group) is 1. The average molecular weight is 403 g/mol. The summed E-state index contributed by atoms with van der Waals surface area (Å²) < 4.78 is 47.7. The third-order valence-corrected chi connectivity index (χ3v) is 5.47. The topological polar surface area (TPSA) is 88.1 Å². The number of benzene rings is 2. The molecule has 0 fully saturated rings. The minimum absolute atomic E-state index is 0.0852. The highest BCUT2D eigenvalue weighted by molar-refractivity contribution is 7.88. The highest BCUT2D eigenvalue weighted by atomic mass is 32.2. The molecule has 7 nitrogen and oxygen atoms in total. The second-order valence-electron chi connectivity index (χ2n) is 5.96. The van der Waals surface area contributed by atoms with Gasteiger partial charge in [-0.15, -0.1) is 4.40 Å². The normalized spacial score (nSPS) is 15.5. The second kappa shape index (κ2) is 7.81. The van der Waals surface area contributed by atoms with Crippen molar-refractivity contribution in [3.63, 3.8) is 0 Å². The number of para-hydroxylation sites is 1. The Morgan fingerprint density at radius 3 is 2.54 bits per heavy atom. The van der Waals surface area contributed by atoms with Crippen LogP contribution in [0.5, 0.6) is 5.75 Å². The van der Waals surface area contributed by atoms with Crippen molar-refractivity contribution in [2.45, 2.75) is 6.54 Å². The van der Waals surface area contributed by atoms with Gasteiger partial charge in [-0.1, -0.05) is 24.3 Å². The summed E-state index contributed by atoms with van der Waals surface area (Å²) in [7, 11) is -1.37. The molecule has 1 aliphatic rings. The first kappa shape index (κ1) is 19.6. The smallest absolute Gasteiger partial charge is 0.345 e. The first-order valence-corrected chi connectivity index (χ1v) is 9.68. The Morgan fingerprint density at radius 2 is 1.86 bits per heavy atom. The molecule has 0 saturated carbocycles. The second-order valence-corrected chi connectivity index (χ2v) is 7.59. The SMILES string of the molecule is COc1ccccc1C1=NS(=O)(=O)N(C)C(C(=O)NCc2ccc(F)cc2)=C1. The molecule has 146 valence electrons. The molecule has 0 atom stereocenters. The molecule has 0 bridgehead atoms. The van der Waals surface area contributed by atoms with Crippen LogP contribution in [0.15, 0.2) is 64.7 Å². The molecule has 2 aromatic carbocycles. The zero-order chi connectivity index (χ0) is 20.3. The molecule has 0 aromatic heterocycles. The van der Waals surface area contributed by atoms with E-state index in [9.17, 15) is 17.6 Å². The lowest BCUT2D eigenvalue weighted by molar-refractivity contribution is -0.118. The van der Waals surface area contributed by atoms with E-state index in [1.807, 2.05) is 0 Å². The van der Waals surface area contributed by atoms with Crippen molar-refractivity contribution in [1.29, 1.82) is 0 Å². The van der Waals surface area contributed by atoms with Crippen LogP contribution in [0.2, 0.25) is 0 Å². The number of amides is 1. The summed E-state index contributed by atoms with van der Waals surface area (Å²) in [6.07, 6.45) is 1.39. The molecule has 1 amide bonds. The highest BCUT2D eigenvalue weighted by Crippen LogP contribution is 2.25. The fourth-order valence-electron chi connectivity index (χ4n) is 2.62. The predicted molar refractivity (Wildman–Crippen MR) is 103 cm³/mol. The maximum Gasteiger partial charge on any atom is 0.345 e. The van der Waals surface area contributed by atoms with Gasteiger partial charge in [0.25, 0.3) is 5.91 Å². The fourth-order valence-corrected chi connectivity index (χ4v) is 3.53. The molecule has 28 heavy (non-hydrogen) atoms. The maximum atomic E-state index is 13.0. The van der Waals surface area contributed by atoms with Crippen molar-refractivity contribution in [1.82, 2.24) is 9.62 Å². The van der Waals surface area contributed by atoms with Crippen molar-refractivity contribution in [3.8, 4) is 5.75 Å². The van der Waals surface area contributed by atoms with Crippen molar-refractivity contribution < 1.29 is 22.3 Å². The number of methoxy groups -OCH3 is 1. The van der Waals surface area contributed by atoms with Gasteiger partial charge in [0.05, 0.1) is 12.8 Å². The summed E-state index contributed by atoms with van der Waals surface area (Å²) in [6.45, 7) is 0.117. The Morgan fingerprint density at radius 1 is 1.18 bits per heavy atom. The van der Waals surface area contributed by atoms with Crippen LogP contribution < -0.4 is 10.1 Å². The zero-order valence-corrected chi connectivity index (χ0v) is 16.0. The Hall–Kier alpha value is -3.20. The Labute approximate surface area is 162 Å². The zero-order valence-electron chi connectivity index (χ0n) is 15.2. The van der Waals surface area contributed by atoms with Gasteiger partial charge >= 0.3 is 10.2 Å². The quantitative estimate of drug-likeness (QED) is 0.827. The van der Waals surface area contributed by atoms with Gasteiger partial charge in [-0.3, -0.25) is 4.79 Å². The third kappa shape index (κ3) is 4.04. The lowest BCUT2D eigenvalue weighted by atomic mass is 10.1. The first-order chi connectivity index (χ1) is 13.3. The van der Waals surface area contributed by atoms with Crippen LogP contribution in [-0.2, 0) is 21.5 Å². The number of hydrogen-bond acceptors (Lipinski definition) is 4. The van der Waals surface area contributed by atoms with Crippen LogP contribution in [0.3, 0.4) is 0 Å². The van der Waals surface area contributed by atoms with E-state index >= 15 is 0 Å². The van der Waals surface area contributed by atoms with Crippen LogP contribution in [-0.4, -0.2) is 38.5 Å². The molecule has 1 heterocycles. The van der Waals surface area contributed by atoms with Crippen LogP contribution in [0.1, 0.15) is 11.1 Å². The molecule has 0 spiro atoms. The van der Waals surface area contributed by atoms with E-state index in [1.54, 1.807) is 24.3 Å². The van der Waals surface area contributed by atoms with Crippen molar-refractivity contribution in [2.75, 3.05) is 14.2 Å². The standard InChI is InChI=1S/C19H18FN3O4S/c1-23-17(19(24)21-12-13-7-9-14(20)10-8-13)11-16(22-28(23,25)26)15-5-3-4-6-18(15)27-2/h3-11H,12H2,1-2H3,(H,21,24). The summed E-state index contributed by atoms with van der Waals surface area (Å²) in [4.78, 5) is 12.6. The molecular weight excluding hydrogens is 385 g/mol. The third-order valence-electron chi connectivity index (χ3n) is 4.15. The summed E-state index contributed by atoms with van der Waals surface area (Å²) in [5, 5.41) is 2.63.